The summed E-state index contributed by atoms with van der Waals surface area (Å²) < 4.78 is 0. The van der Waals surface area contributed by atoms with E-state index in [1.54, 1.807) is 11.1 Å². The van der Waals surface area contributed by atoms with Crippen LogP contribution in [0.2, 0.25) is 0 Å². The Hall–Kier alpha value is -10.0. The molecule has 12 aromatic carbocycles. The van der Waals surface area contributed by atoms with Gasteiger partial charge < -0.3 is 19.4 Å². The van der Waals surface area contributed by atoms with E-state index in [-0.39, 0.29) is 57.3 Å². The zero-order valence-corrected chi connectivity index (χ0v) is 72.6. The minimum Gasteiger partial charge on any atom is -0.376 e. The van der Waals surface area contributed by atoms with Crippen LogP contribution in [0.4, 0.5) is 45.5 Å². The summed E-state index contributed by atoms with van der Waals surface area (Å²) in [6.45, 7) is 49.0. The van der Waals surface area contributed by atoms with Crippen molar-refractivity contribution in [2.24, 2.45) is 0 Å². The topological polar surface area (TPSA) is 13.0 Å². The van der Waals surface area contributed by atoms with Gasteiger partial charge in [-0.25, -0.2) is 0 Å². The van der Waals surface area contributed by atoms with Gasteiger partial charge >= 0.3 is 13.7 Å². The summed E-state index contributed by atoms with van der Waals surface area (Å²) in [5, 5.41) is 0. The minimum atomic E-state index is -0.600. The number of fused-ring (bicyclic) bond motifs is 16. The van der Waals surface area contributed by atoms with Gasteiger partial charge in [-0.05, 0) is 289 Å². The highest BCUT2D eigenvalue weighted by atomic mass is 15.3. The lowest BCUT2D eigenvalue weighted by Gasteiger charge is -2.55. The van der Waals surface area contributed by atoms with Crippen LogP contribution < -0.4 is 41.3 Å². The molecule has 6 heteroatoms. The standard InChI is InChI=1S/C110H114B2N4/c1-66-52-67(2)95(68(3)53-66)72-56-83-81-47-44-77(102(6,7)8)64-92(81)115(111-89-62-78(103(9,10)11)60-87-100(89)113(93(58-72)97(83)111)108(19)50-31-29-48-106(87,108)17)80-45-42-74(43-46-80)105(15,16)65-71-54-69(4)96(70(5)55-71)73-57-84-82-38-33-40-86-99(82)116(91-41-28-27-39-85(91)110(86,75-34-23-21-24-35-75)76-36-25-22-26-37-76)112-90-63-79(104(12,13)14)61-88-101(90)114(94(59-73)98(84)112)109(20)51-32-30-49-107(88,109)18/h21-28,33-47,52-64H,29-32,48-51,65H2,1-20H3. The lowest BCUT2D eigenvalue weighted by Crippen LogP contribution is -2.65. The van der Waals surface area contributed by atoms with Crippen LogP contribution in [-0.2, 0) is 44.3 Å². The first-order valence-electron chi connectivity index (χ1n) is 43.9. The molecule has 580 valence electrons. The maximum atomic E-state index is 2.95. The summed E-state index contributed by atoms with van der Waals surface area (Å²) in [5.41, 5.74) is 47.9. The second-order valence-electron chi connectivity index (χ2n) is 41.8. The molecule has 116 heavy (non-hydrogen) atoms. The van der Waals surface area contributed by atoms with Crippen LogP contribution in [-0.4, -0.2) is 24.8 Å². The van der Waals surface area contributed by atoms with Crippen molar-refractivity contribution in [1.82, 2.24) is 0 Å². The maximum Gasteiger partial charge on any atom is 0.333 e. The Morgan fingerprint density at radius 2 is 0.802 bits per heavy atom. The second kappa shape index (κ2) is 24.6. The normalized spacial score (nSPS) is 21.3. The fraction of sp³-hybridized carbons (Fsp3) is 0.345. The number of nitrogens with zero attached hydrogens (tertiary/aromatic N) is 4. The summed E-state index contributed by atoms with van der Waals surface area (Å²) in [6, 6.07) is 88.5. The Labute approximate surface area is 693 Å². The maximum absolute atomic E-state index is 2.95. The minimum absolute atomic E-state index is 0.0360. The average molecular weight is 1510 g/mol. The van der Waals surface area contributed by atoms with E-state index in [1.165, 1.54) is 228 Å². The predicted octanol–water partition coefficient (Wildman–Crippen LogP) is 25.6. The highest BCUT2D eigenvalue weighted by Crippen LogP contribution is 2.67. The molecule has 2 aliphatic carbocycles. The van der Waals surface area contributed by atoms with Gasteiger partial charge in [0.15, 0.2) is 0 Å². The number of anilines is 8. The van der Waals surface area contributed by atoms with Crippen LogP contribution in [0.5, 0.6) is 0 Å². The summed E-state index contributed by atoms with van der Waals surface area (Å²) in [4.78, 5) is 11.5. The van der Waals surface area contributed by atoms with Crippen LogP contribution >= 0.6 is 0 Å². The second-order valence-corrected chi connectivity index (χ2v) is 41.8. The highest BCUT2D eigenvalue weighted by molar-refractivity contribution is 6.94. The molecule has 4 nitrogen and oxygen atoms in total. The molecule has 0 spiro atoms. The molecule has 21 rings (SSSR count). The zero-order valence-electron chi connectivity index (χ0n) is 72.6. The molecule has 0 amide bonds. The van der Waals surface area contributed by atoms with E-state index >= 15 is 0 Å². The van der Waals surface area contributed by atoms with Crippen LogP contribution in [0.1, 0.15) is 244 Å². The molecular formula is C110H114B2N4. The molecular weight excluding hydrogens is 1400 g/mol. The van der Waals surface area contributed by atoms with Crippen LogP contribution in [0.15, 0.2) is 218 Å². The molecule has 12 aromatic rings. The number of rotatable bonds is 8. The monoisotopic (exact) mass is 1510 g/mol. The van der Waals surface area contributed by atoms with Gasteiger partial charge in [0.05, 0.1) is 16.5 Å². The molecule has 0 aromatic heterocycles. The lowest BCUT2D eigenvalue weighted by molar-refractivity contribution is 0.195. The number of aryl methyl sites for hydroxylation is 5. The van der Waals surface area contributed by atoms with Crippen molar-refractivity contribution in [2.45, 2.75) is 245 Å². The van der Waals surface area contributed by atoms with Crippen LogP contribution in [0.3, 0.4) is 0 Å². The van der Waals surface area contributed by atoms with Crippen molar-refractivity contribution in [2.75, 3.05) is 19.4 Å². The number of benzene rings is 12. The quantitative estimate of drug-likeness (QED) is 0.141. The Morgan fingerprint density at radius 1 is 0.345 bits per heavy atom. The third-order valence-electron chi connectivity index (χ3n) is 31.4. The zero-order chi connectivity index (χ0) is 80.6. The number of para-hydroxylation sites is 2. The van der Waals surface area contributed by atoms with E-state index in [0.29, 0.717) is 0 Å². The summed E-state index contributed by atoms with van der Waals surface area (Å²) in [7, 11) is 0. The molecule has 4 atom stereocenters. The first-order valence-corrected chi connectivity index (χ1v) is 43.9. The fourth-order valence-electron chi connectivity index (χ4n) is 25.4. The van der Waals surface area contributed by atoms with Gasteiger partial charge in [-0.15, -0.1) is 0 Å². The highest BCUT2D eigenvalue weighted by Gasteiger charge is 2.65. The van der Waals surface area contributed by atoms with Crippen molar-refractivity contribution in [3.63, 3.8) is 0 Å². The van der Waals surface area contributed by atoms with Gasteiger partial charge in [-0.2, -0.15) is 0 Å². The molecule has 0 radical (unpaired) electrons. The molecule has 7 heterocycles. The Kier molecular flexibility index (Phi) is 15.6. The van der Waals surface area contributed by atoms with Gasteiger partial charge in [0.25, 0.3) is 0 Å². The first-order chi connectivity index (χ1) is 55.2. The SMILES string of the molecule is Cc1cc(C)c(-c2cc3c4c(c2)N2c5c(cc(C(C)(C)C)cc5C5(C)CCCCC25C)B4N(c2ccc(C(C)(C)Cc4cc(C)c(-c5cc6c7c(c5)N5c8c(cc(C(C)(C)C)cc8C8(C)CCCCC58C)B7N5c7ccccc7C(c7ccccc7)(c7ccccc7)c7cccc-6c75)c(C)c4)cc2)c2cc(C(C)(C)C)ccc2-3)c(C)c1. The van der Waals surface area contributed by atoms with E-state index in [4.69, 9.17) is 0 Å². The van der Waals surface area contributed by atoms with Gasteiger partial charge in [0, 0.05) is 67.5 Å². The Balaban J connectivity index is 0.712. The Bertz CT molecular complexity index is 6130. The Morgan fingerprint density at radius 3 is 1.32 bits per heavy atom. The summed E-state index contributed by atoms with van der Waals surface area (Å²) in [5.74, 6) is 0. The van der Waals surface area contributed by atoms with Crippen molar-refractivity contribution >= 4 is 81.0 Å². The van der Waals surface area contributed by atoms with Gasteiger partial charge in [-0.1, -0.05) is 291 Å². The predicted molar refractivity (Wildman–Crippen MR) is 496 cm³/mol. The van der Waals surface area contributed by atoms with E-state index in [1.807, 2.05) is 0 Å². The van der Waals surface area contributed by atoms with Crippen molar-refractivity contribution in [3.05, 3.63) is 307 Å². The van der Waals surface area contributed by atoms with Gasteiger partial charge in [-0.3, -0.25) is 0 Å². The van der Waals surface area contributed by atoms with Gasteiger partial charge in [0.2, 0.25) is 0 Å². The summed E-state index contributed by atoms with van der Waals surface area (Å²) >= 11 is 0. The molecule has 2 saturated carbocycles. The average Bonchev–Trinajstić information content (AvgIpc) is 1.35. The summed E-state index contributed by atoms with van der Waals surface area (Å²) in [6.07, 6.45) is 10.5. The van der Waals surface area contributed by atoms with Crippen molar-refractivity contribution in [3.8, 4) is 44.5 Å². The molecule has 7 aliphatic heterocycles. The third kappa shape index (κ3) is 9.82. The van der Waals surface area contributed by atoms with Crippen LogP contribution in [0.25, 0.3) is 44.5 Å². The molecule has 2 fully saturated rings. The number of hydrogen-bond acceptors (Lipinski definition) is 4. The van der Waals surface area contributed by atoms with Crippen LogP contribution in [0, 0.1) is 34.6 Å². The molecule has 0 saturated heterocycles. The third-order valence-corrected chi connectivity index (χ3v) is 31.4. The largest absolute Gasteiger partial charge is 0.376 e. The first kappa shape index (κ1) is 73.6. The molecule has 0 bridgehead atoms. The van der Waals surface area contributed by atoms with Crippen molar-refractivity contribution < 1.29 is 0 Å². The molecule has 0 N–H and O–H groups in total. The smallest absolute Gasteiger partial charge is 0.333 e. The van der Waals surface area contributed by atoms with E-state index in [9.17, 15) is 0 Å². The fourth-order valence-corrected chi connectivity index (χ4v) is 25.4. The van der Waals surface area contributed by atoms with E-state index in [2.05, 4.69) is 376 Å². The van der Waals surface area contributed by atoms with E-state index in [0.717, 1.165) is 19.3 Å². The van der Waals surface area contributed by atoms with Crippen molar-refractivity contribution in [1.29, 1.82) is 0 Å². The van der Waals surface area contributed by atoms with E-state index < -0.39 is 5.41 Å². The molecule has 4 unspecified atom stereocenters. The van der Waals surface area contributed by atoms with Gasteiger partial charge in [0.1, 0.15) is 0 Å². The number of hydrogen-bond donors (Lipinski definition) is 0. The molecule has 9 aliphatic rings. The lowest BCUT2D eigenvalue weighted by atomic mass is 9.41.